The smallest absolute Gasteiger partial charge is 0.153 e. The molecule has 88 valence electrons. The Morgan fingerprint density at radius 3 is 2.59 bits per heavy atom. The molecule has 1 aromatic heterocycles. The predicted octanol–water partition coefficient (Wildman–Crippen LogP) is 2.47. The molecule has 0 atom stereocenters. The van der Waals surface area contributed by atoms with E-state index >= 15 is 0 Å². The van der Waals surface area contributed by atoms with Crippen LogP contribution in [0.2, 0.25) is 0 Å². The molecule has 0 unspecified atom stereocenters. The number of rotatable bonds is 3. The number of aromatic nitrogens is 1. The fraction of sp³-hybridized carbons (Fsp3) is 0.154. The van der Waals surface area contributed by atoms with Crippen LogP contribution in [0.5, 0.6) is 0 Å². The first-order valence-electron chi connectivity index (χ1n) is 5.42. The van der Waals surface area contributed by atoms with E-state index < -0.39 is 0 Å². The highest BCUT2D eigenvalue weighted by atomic mass is 15.1. The summed E-state index contributed by atoms with van der Waals surface area (Å²) in [7, 11) is 4.00. The third-order valence-corrected chi connectivity index (χ3v) is 2.48. The summed E-state index contributed by atoms with van der Waals surface area (Å²) in [6.07, 6.45) is 1.72. The van der Waals surface area contributed by atoms with Gasteiger partial charge in [-0.05, 0) is 24.3 Å². The maximum atomic E-state index is 5.86. The van der Waals surface area contributed by atoms with Gasteiger partial charge in [0.15, 0.2) is 5.82 Å². The van der Waals surface area contributed by atoms with Crippen LogP contribution in [-0.2, 0) is 0 Å². The third kappa shape index (κ3) is 2.47. The van der Waals surface area contributed by atoms with Crippen LogP contribution in [0, 0.1) is 0 Å². The van der Waals surface area contributed by atoms with Crippen LogP contribution >= 0.6 is 0 Å². The topological polar surface area (TPSA) is 54.2 Å². The minimum atomic E-state index is 0.640. The Kier molecular flexibility index (Phi) is 3.14. The van der Waals surface area contributed by atoms with Crippen molar-refractivity contribution in [3.05, 3.63) is 42.6 Å². The summed E-state index contributed by atoms with van der Waals surface area (Å²) >= 11 is 0. The van der Waals surface area contributed by atoms with Gasteiger partial charge in [-0.3, -0.25) is 0 Å². The minimum absolute atomic E-state index is 0.640. The number of nitrogens with one attached hydrogen (secondary N) is 1. The van der Waals surface area contributed by atoms with Crippen molar-refractivity contribution in [1.29, 1.82) is 0 Å². The molecule has 2 aromatic rings. The Balaban J connectivity index is 2.34. The second-order valence-electron chi connectivity index (χ2n) is 3.98. The normalized spacial score (nSPS) is 10.0. The number of anilines is 4. The van der Waals surface area contributed by atoms with Crippen molar-refractivity contribution >= 4 is 22.9 Å². The SMILES string of the molecule is CN(C)c1ccccc1Nc1ncccc1N. The molecule has 4 nitrogen and oxygen atoms in total. The number of hydrogen-bond acceptors (Lipinski definition) is 4. The molecule has 4 heteroatoms. The number of nitrogens with two attached hydrogens (primary N) is 1. The molecule has 0 radical (unpaired) electrons. The molecule has 0 aliphatic rings. The van der Waals surface area contributed by atoms with Crippen LogP contribution in [0.3, 0.4) is 0 Å². The van der Waals surface area contributed by atoms with E-state index in [4.69, 9.17) is 5.73 Å². The Hall–Kier alpha value is -2.23. The van der Waals surface area contributed by atoms with Gasteiger partial charge in [0.25, 0.3) is 0 Å². The second-order valence-corrected chi connectivity index (χ2v) is 3.98. The number of para-hydroxylation sites is 2. The lowest BCUT2D eigenvalue weighted by Gasteiger charge is -2.18. The van der Waals surface area contributed by atoms with Gasteiger partial charge in [0.2, 0.25) is 0 Å². The number of nitrogens with zero attached hydrogens (tertiary/aromatic N) is 2. The highest BCUT2D eigenvalue weighted by molar-refractivity contribution is 5.77. The van der Waals surface area contributed by atoms with Gasteiger partial charge in [-0.2, -0.15) is 0 Å². The van der Waals surface area contributed by atoms with E-state index in [1.54, 1.807) is 6.20 Å². The molecule has 0 fully saturated rings. The fourth-order valence-corrected chi connectivity index (χ4v) is 1.62. The van der Waals surface area contributed by atoms with Gasteiger partial charge in [-0.25, -0.2) is 4.98 Å². The van der Waals surface area contributed by atoms with Crippen LogP contribution in [0.1, 0.15) is 0 Å². The van der Waals surface area contributed by atoms with Gasteiger partial charge in [0.1, 0.15) is 0 Å². The first-order valence-corrected chi connectivity index (χ1v) is 5.42. The van der Waals surface area contributed by atoms with Crippen LogP contribution in [0.25, 0.3) is 0 Å². The second kappa shape index (κ2) is 4.74. The number of nitrogen functional groups attached to an aromatic ring is 1. The highest BCUT2D eigenvalue weighted by Gasteiger charge is 2.05. The van der Waals surface area contributed by atoms with E-state index in [9.17, 15) is 0 Å². The molecular weight excluding hydrogens is 212 g/mol. The van der Waals surface area contributed by atoms with Crippen molar-refractivity contribution in [3.8, 4) is 0 Å². The van der Waals surface area contributed by atoms with E-state index in [0.717, 1.165) is 11.4 Å². The van der Waals surface area contributed by atoms with Crippen molar-refractivity contribution in [2.75, 3.05) is 30.0 Å². The standard InChI is InChI=1S/C13H16N4/c1-17(2)12-8-4-3-7-11(12)16-13-10(14)6-5-9-15-13/h3-9H,14H2,1-2H3,(H,15,16). The number of benzene rings is 1. The van der Waals surface area contributed by atoms with Gasteiger partial charge >= 0.3 is 0 Å². The number of pyridine rings is 1. The Labute approximate surface area is 101 Å². The van der Waals surface area contributed by atoms with Gasteiger partial charge in [-0.1, -0.05) is 12.1 Å². The summed E-state index contributed by atoms with van der Waals surface area (Å²) in [5.74, 6) is 0.682. The first kappa shape index (κ1) is 11.3. The van der Waals surface area contributed by atoms with Gasteiger partial charge in [-0.15, -0.1) is 0 Å². The quantitative estimate of drug-likeness (QED) is 0.847. The summed E-state index contributed by atoms with van der Waals surface area (Å²) in [6, 6.07) is 11.7. The van der Waals surface area contributed by atoms with E-state index in [0.29, 0.717) is 11.5 Å². The molecule has 17 heavy (non-hydrogen) atoms. The lowest BCUT2D eigenvalue weighted by molar-refractivity contribution is 1.13. The third-order valence-electron chi connectivity index (χ3n) is 2.48. The van der Waals surface area contributed by atoms with Crippen molar-refractivity contribution < 1.29 is 0 Å². The Morgan fingerprint density at radius 1 is 1.12 bits per heavy atom. The summed E-state index contributed by atoms with van der Waals surface area (Å²) in [5.41, 5.74) is 8.58. The van der Waals surface area contributed by atoms with Crippen molar-refractivity contribution in [2.24, 2.45) is 0 Å². The fourth-order valence-electron chi connectivity index (χ4n) is 1.62. The molecule has 0 aliphatic heterocycles. The largest absolute Gasteiger partial charge is 0.396 e. The maximum Gasteiger partial charge on any atom is 0.153 e. The average Bonchev–Trinajstić information content (AvgIpc) is 2.32. The Morgan fingerprint density at radius 2 is 1.88 bits per heavy atom. The van der Waals surface area contributed by atoms with Crippen LogP contribution in [0.4, 0.5) is 22.9 Å². The summed E-state index contributed by atoms with van der Waals surface area (Å²) < 4.78 is 0. The summed E-state index contributed by atoms with van der Waals surface area (Å²) in [4.78, 5) is 6.26. The zero-order valence-electron chi connectivity index (χ0n) is 10.0. The van der Waals surface area contributed by atoms with Crippen molar-refractivity contribution in [2.45, 2.75) is 0 Å². The molecule has 0 spiro atoms. The molecular formula is C13H16N4. The lowest BCUT2D eigenvalue weighted by Crippen LogP contribution is -2.11. The van der Waals surface area contributed by atoms with Crippen molar-refractivity contribution in [1.82, 2.24) is 4.98 Å². The average molecular weight is 228 g/mol. The van der Waals surface area contributed by atoms with Gasteiger partial charge < -0.3 is 16.0 Å². The molecule has 2 rings (SSSR count). The number of hydrogen-bond donors (Lipinski definition) is 2. The predicted molar refractivity (Wildman–Crippen MR) is 72.7 cm³/mol. The molecule has 0 bridgehead atoms. The molecule has 0 saturated carbocycles. The monoisotopic (exact) mass is 228 g/mol. The first-order chi connectivity index (χ1) is 8.18. The molecule has 3 N–H and O–H groups in total. The van der Waals surface area contributed by atoms with Crippen LogP contribution < -0.4 is 16.0 Å². The van der Waals surface area contributed by atoms with E-state index in [1.165, 1.54) is 0 Å². The van der Waals surface area contributed by atoms with Gasteiger partial charge in [0.05, 0.1) is 17.1 Å². The van der Waals surface area contributed by atoms with Crippen LogP contribution in [-0.4, -0.2) is 19.1 Å². The van der Waals surface area contributed by atoms with Gasteiger partial charge in [0, 0.05) is 20.3 Å². The van der Waals surface area contributed by atoms with Crippen LogP contribution in [0.15, 0.2) is 42.6 Å². The van der Waals surface area contributed by atoms with Crippen molar-refractivity contribution in [3.63, 3.8) is 0 Å². The van der Waals surface area contributed by atoms with E-state index in [2.05, 4.69) is 10.3 Å². The summed E-state index contributed by atoms with van der Waals surface area (Å²) in [5, 5.41) is 3.24. The minimum Gasteiger partial charge on any atom is -0.396 e. The van der Waals surface area contributed by atoms with E-state index in [-0.39, 0.29) is 0 Å². The van der Waals surface area contributed by atoms with E-state index in [1.807, 2.05) is 55.4 Å². The maximum absolute atomic E-state index is 5.86. The molecule has 0 aliphatic carbocycles. The molecule has 1 heterocycles. The Bertz CT molecular complexity index is 508. The summed E-state index contributed by atoms with van der Waals surface area (Å²) in [6.45, 7) is 0. The zero-order chi connectivity index (χ0) is 12.3. The zero-order valence-corrected chi connectivity index (χ0v) is 10.0. The molecule has 0 saturated heterocycles. The molecule has 0 amide bonds. The highest BCUT2D eigenvalue weighted by Crippen LogP contribution is 2.28. The lowest BCUT2D eigenvalue weighted by atomic mass is 10.2. The molecule has 1 aromatic carbocycles.